The van der Waals surface area contributed by atoms with Crippen LogP contribution in [0.5, 0.6) is 0 Å². The van der Waals surface area contributed by atoms with E-state index in [1.165, 1.54) is 5.56 Å². The summed E-state index contributed by atoms with van der Waals surface area (Å²) in [7, 11) is 0. The van der Waals surface area contributed by atoms with E-state index in [0.29, 0.717) is 6.54 Å². The maximum absolute atomic E-state index is 5.71. The van der Waals surface area contributed by atoms with Crippen LogP contribution in [0.3, 0.4) is 0 Å². The summed E-state index contributed by atoms with van der Waals surface area (Å²) >= 11 is 3.37. The molecule has 0 atom stereocenters. The topological polar surface area (TPSA) is 52.0 Å². The van der Waals surface area contributed by atoms with Gasteiger partial charge < -0.3 is 11.5 Å². The van der Waals surface area contributed by atoms with Crippen molar-refractivity contribution >= 4 is 21.6 Å². The summed E-state index contributed by atoms with van der Waals surface area (Å²) in [6.07, 6.45) is 0. The second-order valence-electron chi connectivity index (χ2n) is 2.32. The number of anilines is 1. The van der Waals surface area contributed by atoms with Crippen LogP contribution < -0.4 is 11.5 Å². The summed E-state index contributed by atoms with van der Waals surface area (Å²) in [6.45, 7) is 0.508. The van der Waals surface area contributed by atoms with Crippen LogP contribution in [-0.2, 0) is 11.9 Å². The molecule has 0 unspecified atom stereocenters. The fraction of sp³-hybridized carbons (Fsp3) is 0.250. The SMILES string of the molecule is NCc1c(N)cccc1CBr. The van der Waals surface area contributed by atoms with Crippen LogP contribution in [0.2, 0.25) is 0 Å². The van der Waals surface area contributed by atoms with Gasteiger partial charge in [-0.2, -0.15) is 0 Å². The monoisotopic (exact) mass is 214 g/mol. The second-order valence-corrected chi connectivity index (χ2v) is 2.88. The molecule has 60 valence electrons. The van der Waals surface area contributed by atoms with Crippen molar-refractivity contribution in [3.05, 3.63) is 29.3 Å². The Labute approximate surface area is 74.7 Å². The fourth-order valence-electron chi connectivity index (χ4n) is 1.03. The zero-order valence-corrected chi connectivity index (χ0v) is 7.76. The summed E-state index contributed by atoms with van der Waals surface area (Å²) < 4.78 is 0. The first-order valence-electron chi connectivity index (χ1n) is 3.42. The molecule has 0 saturated carbocycles. The lowest BCUT2D eigenvalue weighted by Crippen LogP contribution is -2.04. The van der Waals surface area contributed by atoms with Crippen LogP contribution in [0.15, 0.2) is 18.2 Å². The van der Waals surface area contributed by atoms with Gasteiger partial charge in [-0.25, -0.2) is 0 Å². The molecular formula is C8H11BrN2. The van der Waals surface area contributed by atoms with Crippen molar-refractivity contribution in [3.8, 4) is 0 Å². The zero-order chi connectivity index (χ0) is 8.27. The lowest BCUT2D eigenvalue weighted by molar-refractivity contribution is 1.05. The third-order valence-corrected chi connectivity index (χ3v) is 2.26. The molecule has 11 heavy (non-hydrogen) atoms. The van der Waals surface area contributed by atoms with E-state index in [1.807, 2.05) is 18.2 Å². The number of hydrogen-bond acceptors (Lipinski definition) is 2. The fourth-order valence-corrected chi connectivity index (χ4v) is 1.55. The molecule has 0 aliphatic carbocycles. The molecule has 0 aliphatic rings. The van der Waals surface area contributed by atoms with Crippen LogP contribution in [0.4, 0.5) is 5.69 Å². The van der Waals surface area contributed by atoms with Gasteiger partial charge in [0.2, 0.25) is 0 Å². The molecule has 0 aliphatic heterocycles. The normalized spacial score (nSPS) is 10.0. The number of benzene rings is 1. The first kappa shape index (κ1) is 8.56. The third-order valence-electron chi connectivity index (χ3n) is 1.66. The van der Waals surface area contributed by atoms with E-state index in [2.05, 4.69) is 15.9 Å². The van der Waals surface area contributed by atoms with Gasteiger partial charge >= 0.3 is 0 Å². The van der Waals surface area contributed by atoms with Crippen LogP contribution >= 0.6 is 15.9 Å². The Morgan fingerprint density at radius 1 is 1.36 bits per heavy atom. The molecule has 0 heterocycles. The highest BCUT2D eigenvalue weighted by molar-refractivity contribution is 9.08. The number of nitrogen functional groups attached to an aromatic ring is 1. The number of halogens is 1. The van der Waals surface area contributed by atoms with Gasteiger partial charge in [-0.15, -0.1) is 0 Å². The Morgan fingerprint density at radius 2 is 2.09 bits per heavy atom. The quantitative estimate of drug-likeness (QED) is 0.581. The summed E-state index contributed by atoms with van der Waals surface area (Å²) in [5.74, 6) is 0. The van der Waals surface area contributed by atoms with Gasteiger partial charge in [-0.1, -0.05) is 28.1 Å². The van der Waals surface area contributed by atoms with Gasteiger partial charge in [-0.05, 0) is 17.2 Å². The van der Waals surface area contributed by atoms with Crippen molar-refractivity contribution < 1.29 is 0 Å². The summed E-state index contributed by atoms with van der Waals surface area (Å²) in [5.41, 5.74) is 14.2. The summed E-state index contributed by atoms with van der Waals surface area (Å²) in [4.78, 5) is 0. The van der Waals surface area contributed by atoms with E-state index in [1.54, 1.807) is 0 Å². The van der Waals surface area contributed by atoms with Gasteiger partial charge in [0.05, 0.1) is 0 Å². The molecule has 0 saturated heterocycles. The minimum atomic E-state index is 0.508. The van der Waals surface area contributed by atoms with Crippen LogP contribution in [-0.4, -0.2) is 0 Å². The largest absolute Gasteiger partial charge is 0.398 e. The Balaban J connectivity index is 3.13. The van der Waals surface area contributed by atoms with Gasteiger partial charge in [0.1, 0.15) is 0 Å². The second kappa shape index (κ2) is 3.74. The molecule has 1 rings (SSSR count). The number of alkyl halides is 1. The molecule has 1 aromatic rings. The van der Waals surface area contributed by atoms with Crippen LogP contribution in [0.1, 0.15) is 11.1 Å². The van der Waals surface area contributed by atoms with E-state index in [4.69, 9.17) is 11.5 Å². The van der Waals surface area contributed by atoms with Crippen molar-refractivity contribution in [2.45, 2.75) is 11.9 Å². The van der Waals surface area contributed by atoms with Gasteiger partial charge in [-0.3, -0.25) is 0 Å². The molecule has 4 N–H and O–H groups in total. The van der Waals surface area contributed by atoms with E-state index >= 15 is 0 Å². The van der Waals surface area contributed by atoms with Crippen LogP contribution in [0, 0.1) is 0 Å². The van der Waals surface area contributed by atoms with E-state index in [9.17, 15) is 0 Å². The molecule has 0 radical (unpaired) electrons. The highest BCUT2D eigenvalue weighted by atomic mass is 79.9. The Kier molecular flexibility index (Phi) is 2.91. The molecule has 3 heteroatoms. The Hall–Kier alpha value is -0.540. The molecule has 0 bridgehead atoms. The average Bonchev–Trinajstić information content (AvgIpc) is 2.04. The van der Waals surface area contributed by atoms with Crippen molar-refractivity contribution in [2.24, 2.45) is 5.73 Å². The van der Waals surface area contributed by atoms with Gasteiger partial charge in [0.25, 0.3) is 0 Å². The molecule has 2 nitrogen and oxygen atoms in total. The van der Waals surface area contributed by atoms with Gasteiger partial charge in [0, 0.05) is 17.6 Å². The first-order valence-corrected chi connectivity index (χ1v) is 4.54. The predicted octanol–water partition coefficient (Wildman–Crippen LogP) is 1.62. The lowest BCUT2D eigenvalue weighted by atomic mass is 10.1. The molecule has 0 aromatic heterocycles. The van der Waals surface area contributed by atoms with E-state index in [0.717, 1.165) is 16.6 Å². The highest BCUT2D eigenvalue weighted by Crippen LogP contribution is 2.18. The zero-order valence-electron chi connectivity index (χ0n) is 6.18. The maximum atomic E-state index is 5.71. The first-order chi connectivity index (χ1) is 5.29. The van der Waals surface area contributed by atoms with Crippen molar-refractivity contribution in [3.63, 3.8) is 0 Å². The summed E-state index contributed by atoms with van der Waals surface area (Å²) in [6, 6.07) is 5.83. The molecule has 1 aromatic carbocycles. The van der Waals surface area contributed by atoms with Crippen molar-refractivity contribution in [1.29, 1.82) is 0 Å². The minimum absolute atomic E-state index is 0.508. The third kappa shape index (κ3) is 1.73. The van der Waals surface area contributed by atoms with E-state index in [-0.39, 0.29) is 0 Å². The van der Waals surface area contributed by atoms with Crippen LogP contribution in [0.25, 0.3) is 0 Å². The smallest absolute Gasteiger partial charge is 0.0362 e. The lowest BCUT2D eigenvalue weighted by Gasteiger charge is -2.06. The Bertz CT molecular complexity index is 248. The number of rotatable bonds is 2. The standard InChI is InChI=1S/C8H11BrN2/c9-4-6-2-1-3-8(11)7(6)5-10/h1-3H,4-5,10-11H2. The minimum Gasteiger partial charge on any atom is -0.398 e. The number of nitrogens with two attached hydrogens (primary N) is 2. The number of hydrogen-bond donors (Lipinski definition) is 2. The predicted molar refractivity (Wildman–Crippen MR) is 51.4 cm³/mol. The molecule has 0 fully saturated rings. The molecule has 0 amide bonds. The summed E-state index contributed by atoms with van der Waals surface area (Å²) in [5, 5.41) is 0.810. The maximum Gasteiger partial charge on any atom is 0.0362 e. The average molecular weight is 215 g/mol. The van der Waals surface area contributed by atoms with E-state index < -0.39 is 0 Å². The molecule has 0 spiro atoms. The Morgan fingerprint density at radius 3 is 2.55 bits per heavy atom. The molecular weight excluding hydrogens is 204 g/mol. The van der Waals surface area contributed by atoms with Crippen molar-refractivity contribution in [2.75, 3.05) is 5.73 Å². The highest BCUT2D eigenvalue weighted by Gasteiger charge is 2.01. The van der Waals surface area contributed by atoms with Crippen molar-refractivity contribution in [1.82, 2.24) is 0 Å². The van der Waals surface area contributed by atoms with Gasteiger partial charge in [0.15, 0.2) is 0 Å².